The molecule has 0 amide bonds. The number of hydrogen-bond donors (Lipinski definition) is 1. The van der Waals surface area contributed by atoms with Gasteiger partial charge in [0.2, 0.25) is 0 Å². The van der Waals surface area contributed by atoms with Gasteiger partial charge in [-0.15, -0.1) is 23.7 Å². The third-order valence-electron chi connectivity index (χ3n) is 4.87. The zero-order chi connectivity index (χ0) is 17.2. The minimum Gasteiger partial charge on any atom is -0.337 e. The first-order valence-corrected chi connectivity index (χ1v) is 9.60. The number of rotatable bonds is 4. The smallest absolute Gasteiger partial charge is 0.127 e. The Balaban J connectivity index is 0.00000196. The van der Waals surface area contributed by atoms with E-state index in [1.165, 1.54) is 20.9 Å². The van der Waals surface area contributed by atoms with Gasteiger partial charge in [-0.05, 0) is 24.6 Å². The van der Waals surface area contributed by atoms with Crippen molar-refractivity contribution in [2.24, 2.45) is 7.05 Å². The van der Waals surface area contributed by atoms with Crippen LogP contribution in [0.15, 0.2) is 48.8 Å². The van der Waals surface area contributed by atoms with E-state index in [9.17, 15) is 0 Å². The maximum atomic E-state index is 4.58. The van der Waals surface area contributed by atoms with Crippen LogP contribution < -0.4 is 5.32 Å². The fraction of sp³-hybridized carbons (Fsp3) is 0.350. The summed E-state index contributed by atoms with van der Waals surface area (Å²) in [6.45, 7) is 6.16. The molecule has 1 saturated heterocycles. The van der Waals surface area contributed by atoms with Gasteiger partial charge in [0.25, 0.3) is 0 Å². The highest BCUT2D eigenvalue weighted by atomic mass is 35.5. The quantitative estimate of drug-likeness (QED) is 0.732. The largest absolute Gasteiger partial charge is 0.337 e. The predicted octanol–water partition coefficient (Wildman–Crippen LogP) is 4.03. The molecule has 3 aromatic rings. The van der Waals surface area contributed by atoms with E-state index in [1.807, 2.05) is 23.7 Å². The number of halogens is 1. The lowest BCUT2D eigenvalue weighted by molar-refractivity contribution is 0.146. The van der Waals surface area contributed by atoms with Crippen molar-refractivity contribution in [3.63, 3.8) is 0 Å². The van der Waals surface area contributed by atoms with Gasteiger partial charge in [-0.2, -0.15) is 0 Å². The van der Waals surface area contributed by atoms with E-state index in [-0.39, 0.29) is 12.4 Å². The van der Waals surface area contributed by atoms with Crippen LogP contribution >= 0.6 is 23.7 Å². The lowest BCUT2D eigenvalue weighted by atomic mass is 10.1. The van der Waals surface area contributed by atoms with Gasteiger partial charge in [-0.1, -0.05) is 29.8 Å². The lowest BCUT2D eigenvalue weighted by Gasteiger charge is -2.35. The van der Waals surface area contributed by atoms with Crippen molar-refractivity contribution in [2.75, 3.05) is 19.6 Å². The van der Waals surface area contributed by atoms with Crippen LogP contribution in [0.2, 0.25) is 0 Å². The fourth-order valence-electron chi connectivity index (χ4n) is 3.42. The summed E-state index contributed by atoms with van der Waals surface area (Å²) in [5.74, 6) is 1.14. The Labute approximate surface area is 165 Å². The Bertz CT molecular complexity index is 840. The first-order valence-electron chi connectivity index (χ1n) is 8.78. The molecule has 0 spiro atoms. The van der Waals surface area contributed by atoms with Gasteiger partial charge >= 0.3 is 0 Å². The second-order valence-electron chi connectivity index (χ2n) is 6.72. The van der Waals surface area contributed by atoms with Crippen molar-refractivity contribution < 1.29 is 0 Å². The van der Waals surface area contributed by atoms with Gasteiger partial charge in [-0.3, -0.25) is 4.90 Å². The second-order valence-corrected chi connectivity index (χ2v) is 7.89. The molecule has 0 bridgehead atoms. The zero-order valence-electron chi connectivity index (χ0n) is 15.2. The first kappa shape index (κ1) is 19.1. The predicted molar refractivity (Wildman–Crippen MR) is 111 cm³/mol. The fourth-order valence-corrected chi connectivity index (χ4v) is 4.46. The van der Waals surface area contributed by atoms with E-state index in [2.05, 4.69) is 70.1 Å². The number of benzene rings is 1. The molecular weight excluding hydrogens is 364 g/mol. The molecule has 26 heavy (non-hydrogen) atoms. The van der Waals surface area contributed by atoms with Crippen LogP contribution in [-0.4, -0.2) is 34.1 Å². The molecule has 2 aromatic heterocycles. The first-order chi connectivity index (χ1) is 12.2. The van der Waals surface area contributed by atoms with E-state index in [0.29, 0.717) is 6.04 Å². The third-order valence-corrected chi connectivity index (χ3v) is 5.99. The van der Waals surface area contributed by atoms with Crippen molar-refractivity contribution in [3.8, 4) is 10.4 Å². The van der Waals surface area contributed by atoms with Crippen LogP contribution in [0.4, 0.5) is 0 Å². The maximum absolute atomic E-state index is 4.58. The Hall–Kier alpha value is -1.66. The second kappa shape index (κ2) is 8.35. The van der Waals surface area contributed by atoms with Crippen LogP contribution in [0.25, 0.3) is 10.4 Å². The summed E-state index contributed by atoms with van der Waals surface area (Å²) >= 11 is 1.90. The minimum atomic E-state index is 0. The lowest BCUT2D eigenvalue weighted by Crippen LogP contribution is -2.46. The summed E-state index contributed by atoms with van der Waals surface area (Å²) in [5.41, 5.74) is 2.61. The molecule has 0 saturated carbocycles. The highest BCUT2D eigenvalue weighted by molar-refractivity contribution is 7.15. The molecule has 4 nitrogen and oxygen atoms in total. The van der Waals surface area contributed by atoms with Crippen LogP contribution in [0, 0.1) is 6.92 Å². The standard InChI is InChI=1S/C20H24N4S.ClH/c1-15-3-5-16(6-4-15)19-8-7-17(25-19)14-24-12-9-21-13-18(24)20-22-10-11-23(20)2;/h3-8,10-11,18,21H,9,12-14H2,1-2H3;1H. The third kappa shape index (κ3) is 4.01. The number of imidazole rings is 1. The zero-order valence-corrected chi connectivity index (χ0v) is 16.8. The van der Waals surface area contributed by atoms with Crippen molar-refractivity contribution in [3.05, 3.63) is 65.1 Å². The van der Waals surface area contributed by atoms with Crippen LogP contribution in [0.3, 0.4) is 0 Å². The highest BCUT2D eigenvalue weighted by Crippen LogP contribution is 2.31. The number of hydrogen-bond acceptors (Lipinski definition) is 4. The van der Waals surface area contributed by atoms with E-state index in [1.54, 1.807) is 0 Å². The molecule has 1 aromatic carbocycles. The van der Waals surface area contributed by atoms with Gasteiger partial charge < -0.3 is 9.88 Å². The molecule has 1 N–H and O–H groups in total. The van der Waals surface area contributed by atoms with Gasteiger partial charge in [0.05, 0.1) is 6.04 Å². The number of thiophene rings is 1. The summed E-state index contributed by atoms with van der Waals surface area (Å²) in [5, 5.41) is 3.51. The van der Waals surface area contributed by atoms with Crippen LogP contribution in [-0.2, 0) is 13.6 Å². The number of nitrogens with one attached hydrogen (secondary N) is 1. The monoisotopic (exact) mass is 388 g/mol. The summed E-state index contributed by atoms with van der Waals surface area (Å²) in [6.07, 6.45) is 3.92. The van der Waals surface area contributed by atoms with Gasteiger partial charge in [0, 0.05) is 55.4 Å². The van der Waals surface area contributed by atoms with Gasteiger partial charge in [0.15, 0.2) is 0 Å². The summed E-state index contributed by atoms with van der Waals surface area (Å²) in [4.78, 5) is 9.88. The van der Waals surface area contributed by atoms with E-state index >= 15 is 0 Å². The Kier molecular flexibility index (Phi) is 6.14. The maximum Gasteiger partial charge on any atom is 0.127 e. The Morgan fingerprint density at radius 1 is 1.19 bits per heavy atom. The van der Waals surface area contributed by atoms with Gasteiger partial charge in [0.1, 0.15) is 5.82 Å². The number of aryl methyl sites for hydroxylation is 2. The molecule has 1 fully saturated rings. The molecule has 1 atom stereocenters. The number of piperazine rings is 1. The van der Waals surface area contributed by atoms with E-state index < -0.39 is 0 Å². The molecule has 0 aliphatic carbocycles. The van der Waals surface area contributed by atoms with E-state index in [4.69, 9.17) is 0 Å². The number of nitrogens with zero attached hydrogens (tertiary/aromatic N) is 3. The van der Waals surface area contributed by atoms with Crippen molar-refractivity contribution in [1.82, 2.24) is 19.8 Å². The topological polar surface area (TPSA) is 33.1 Å². The molecule has 1 unspecified atom stereocenters. The van der Waals surface area contributed by atoms with Gasteiger partial charge in [-0.25, -0.2) is 4.98 Å². The average molecular weight is 389 g/mol. The highest BCUT2D eigenvalue weighted by Gasteiger charge is 2.27. The summed E-state index contributed by atoms with van der Waals surface area (Å²) in [7, 11) is 2.08. The molecule has 1 aliphatic rings. The number of aromatic nitrogens is 2. The summed E-state index contributed by atoms with van der Waals surface area (Å²) in [6, 6.07) is 13.7. The van der Waals surface area contributed by atoms with Crippen molar-refractivity contribution in [1.29, 1.82) is 0 Å². The van der Waals surface area contributed by atoms with Crippen LogP contribution in [0.5, 0.6) is 0 Å². The Morgan fingerprint density at radius 2 is 2.00 bits per heavy atom. The molecule has 4 rings (SSSR count). The normalized spacial score (nSPS) is 17.8. The minimum absolute atomic E-state index is 0. The molecular formula is C20H25ClN4S. The summed E-state index contributed by atoms with van der Waals surface area (Å²) < 4.78 is 2.14. The molecule has 3 heterocycles. The van der Waals surface area contributed by atoms with Crippen molar-refractivity contribution >= 4 is 23.7 Å². The van der Waals surface area contributed by atoms with E-state index in [0.717, 1.165) is 32.0 Å². The van der Waals surface area contributed by atoms with Crippen molar-refractivity contribution in [2.45, 2.75) is 19.5 Å². The van der Waals surface area contributed by atoms with Crippen LogP contribution in [0.1, 0.15) is 22.3 Å². The molecule has 138 valence electrons. The molecule has 1 aliphatic heterocycles. The molecule has 6 heteroatoms. The molecule has 0 radical (unpaired) electrons. The Morgan fingerprint density at radius 3 is 2.73 bits per heavy atom. The SMILES string of the molecule is Cc1ccc(-c2ccc(CN3CCNCC3c3nccn3C)s2)cc1.Cl. The average Bonchev–Trinajstić information content (AvgIpc) is 3.25.